The van der Waals surface area contributed by atoms with Crippen LogP contribution in [-0.4, -0.2) is 36.6 Å². The fourth-order valence-corrected chi connectivity index (χ4v) is 1.95. The first-order valence-corrected chi connectivity index (χ1v) is 6.17. The Labute approximate surface area is 121 Å². The standard InChI is InChI=1S/C11H10ClF3N2O4/c12-8-3-6(17(18)19)1-2-9(8)20-5-7-4-16-10(21-7)11(13,14)15/h1-3,7,10,16H,4-5H2/t7-,10+/m0/s1. The van der Waals surface area contributed by atoms with Crippen LogP contribution in [-0.2, 0) is 4.74 Å². The largest absolute Gasteiger partial charge is 0.489 e. The van der Waals surface area contributed by atoms with Gasteiger partial charge in [-0.15, -0.1) is 0 Å². The minimum Gasteiger partial charge on any atom is -0.489 e. The van der Waals surface area contributed by atoms with Crippen molar-refractivity contribution in [1.29, 1.82) is 0 Å². The van der Waals surface area contributed by atoms with E-state index in [1.807, 2.05) is 0 Å². The Balaban J connectivity index is 1.91. The zero-order chi connectivity index (χ0) is 15.6. The van der Waals surface area contributed by atoms with Crippen molar-refractivity contribution in [3.8, 4) is 5.75 Å². The van der Waals surface area contributed by atoms with Crippen molar-refractivity contribution in [2.45, 2.75) is 18.5 Å². The number of nitrogens with one attached hydrogen (secondary N) is 1. The molecule has 1 aromatic rings. The number of benzene rings is 1. The number of alkyl halides is 3. The van der Waals surface area contributed by atoms with E-state index in [0.717, 1.165) is 6.07 Å². The third-order valence-corrected chi connectivity index (χ3v) is 3.00. The van der Waals surface area contributed by atoms with E-state index in [1.54, 1.807) is 0 Å². The highest BCUT2D eigenvalue weighted by molar-refractivity contribution is 6.32. The molecular formula is C11H10ClF3N2O4. The van der Waals surface area contributed by atoms with Crippen molar-refractivity contribution in [2.75, 3.05) is 13.2 Å². The molecule has 2 atom stereocenters. The summed E-state index contributed by atoms with van der Waals surface area (Å²) >= 11 is 5.79. The molecule has 0 unspecified atom stereocenters. The lowest BCUT2D eigenvalue weighted by atomic mass is 10.3. The Morgan fingerprint density at radius 2 is 2.24 bits per heavy atom. The maximum absolute atomic E-state index is 12.4. The predicted octanol–water partition coefficient (Wildman–Crippen LogP) is 2.50. The lowest BCUT2D eigenvalue weighted by Gasteiger charge is -2.16. The number of rotatable bonds is 4. The van der Waals surface area contributed by atoms with Gasteiger partial charge in [-0.3, -0.25) is 15.4 Å². The summed E-state index contributed by atoms with van der Waals surface area (Å²) in [5.41, 5.74) is -0.205. The summed E-state index contributed by atoms with van der Waals surface area (Å²) in [6.45, 7) is -0.175. The first kappa shape index (κ1) is 15.8. The van der Waals surface area contributed by atoms with Crippen molar-refractivity contribution in [3.05, 3.63) is 33.3 Å². The van der Waals surface area contributed by atoms with E-state index in [0.29, 0.717) is 0 Å². The molecule has 1 aliphatic heterocycles. The summed E-state index contributed by atoms with van der Waals surface area (Å²) in [6, 6.07) is 3.57. The number of hydrogen-bond acceptors (Lipinski definition) is 5. The second-order valence-electron chi connectivity index (χ2n) is 4.27. The Kier molecular flexibility index (Phi) is 4.55. The smallest absolute Gasteiger partial charge is 0.428 e. The first-order chi connectivity index (χ1) is 9.77. The van der Waals surface area contributed by atoms with Crippen LogP contribution < -0.4 is 10.1 Å². The molecule has 0 aromatic heterocycles. The van der Waals surface area contributed by atoms with Gasteiger partial charge in [0, 0.05) is 18.7 Å². The number of non-ortho nitro benzene ring substituents is 1. The number of ether oxygens (including phenoxy) is 2. The first-order valence-electron chi connectivity index (χ1n) is 5.79. The number of hydrogen-bond donors (Lipinski definition) is 1. The van der Waals surface area contributed by atoms with Crippen LogP contribution >= 0.6 is 11.6 Å². The Hall–Kier alpha value is -1.58. The van der Waals surface area contributed by atoms with Crippen LogP contribution in [0, 0.1) is 10.1 Å². The highest BCUT2D eigenvalue weighted by Crippen LogP contribution is 2.30. The summed E-state index contributed by atoms with van der Waals surface area (Å²) < 4.78 is 47.1. The Morgan fingerprint density at radius 3 is 2.76 bits per heavy atom. The van der Waals surface area contributed by atoms with Gasteiger partial charge in [-0.05, 0) is 6.07 Å². The molecule has 0 spiro atoms. The Bertz CT molecular complexity index is 541. The van der Waals surface area contributed by atoms with Crippen LogP contribution in [0.4, 0.5) is 18.9 Å². The average molecular weight is 327 g/mol. The van der Waals surface area contributed by atoms with Gasteiger partial charge in [0.15, 0.2) is 0 Å². The van der Waals surface area contributed by atoms with E-state index in [9.17, 15) is 23.3 Å². The molecule has 1 fully saturated rings. The molecule has 0 amide bonds. The van der Waals surface area contributed by atoms with Crippen molar-refractivity contribution < 1.29 is 27.6 Å². The van der Waals surface area contributed by atoms with Crippen LogP contribution in [0.5, 0.6) is 5.75 Å². The fraction of sp³-hybridized carbons (Fsp3) is 0.455. The molecule has 116 valence electrons. The van der Waals surface area contributed by atoms with E-state index in [1.165, 1.54) is 12.1 Å². The van der Waals surface area contributed by atoms with E-state index >= 15 is 0 Å². The van der Waals surface area contributed by atoms with Crippen molar-refractivity contribution in [1.82, 2.24) is 5.32 Å². The predicted molar refractivity (Wildman–Crippen MR) is 66.3 cm³/mol. The zero-order valence-corrected chi connectivity index (χ0v) is 11.1. The summed E-state index contributed by atoms with van der Waals surface area (Å²) in [5.74, 6) is 0.140. The van der Waals surface area contributed by atoms with Crippen LogP contribution in [0.15, 0.2) is 18.2 Å². The molecule has 10 heteroatoms. The monoisotopic (exact) mass is 326 g/mol. The van der Waals surface area contributed by atoms with Crippen molar-refractivity contribution >= 4 is 17.3 Å². The summed E-state index contributed by atoms with van der Waals surface area (Å²) in [6.07, 6.45) is -7.29. The Morgan fingerprint density at radius 1 is 1.52 bits per heavy atom. The molecule has 0 radical (unpaired) electrons. The van der Waals surface area contributed by atoms with E-state index in [4.69, 9.17) is 21.1 Å². The zero-order valence-electron chi connectivity index (χ0n) is 10.4. The van der Waals surface area contributed by atoms with E-state index < -0.39 is 23.4 Å². The average Bonchev–Trinajstić information content (AvgIpc) is 2.85. The van der Waals surface area contributed by atoms with E-state index in [-0.39, 0.29) is 29.6 Å². The highest BCUT2D eigenvalue weighted by atomic mass is 35.5. The van der Waals surface area contributed by atoms with Gasteiger partial charge >= 0.3 is 6.18 Å². The SMILES string of the molecule is O=[N+]([O-])c1ccc(OC[C@@H]2CN[C@@H](C(F)(F)F)O2)c(Cl)c1. The molecule has 0 saturated carbocycles. The molecule has 1 saturated heterocycles. The minimum atomic E-state index is -4.49. The lowest BCUT2D eigenvalue weighted by Crippen LogP contribution is -2.38. The van der Waals surface area contributed by atoms with Gasteiger partial charge in [0.25, 0.3) is 5.69 Å². The molecule has 0 aliphatic carbocycles. The molecule has 1 aromatic carbocycles. The molecule has 2 rings (SSSR count). The maximum atomic E-state index is 12.4. The minimum absolute atomic E-state index is 0.00234. The van der Waals surface area contributed by atoms with Crippen LogP contribution in [0.25, 0.3) is 0 Å². The van der Waals surface area contributed by atoms with Crippen molar-refractivity contribution in [2.24, 2.45) is 0 Å². The fourth-order valence-electron chi connectivity index (χ4n) is 1.72. The second kappa shape index (κ2) is 6.04. The topological polar surface area (TPSA) is 73.6 Å². The quantitative estimate of drug-likeness (QED) is 0.680. The summed E-state index contributed by atoms with van der Waals surface area (Å²) in [4.78, 5) is 9.92. The maximum Gasteiger partial charge on any atom is 0.428 e. The number of nitro groups is 1. The van der Waals surface area contributed by atoms with Gasteiger partial charge in [-0.25, -0.2) is 0 Å². The normalized spacial score (nSPS) is 22.3. The second-order valence-corrected chi connectivity index (χ2v) is 4.68. The third-order valence-electron chi connectivity index (χ3n) is 2.71. The van der Waals surface area contributed by atoms with Gasteiger partial charge in [0.05, 0.1) is 9.95 Å². The number of nitro benzene ring substituents is 1. The van der Waals surface area contributed by atoms with Gasteiger partial charge in [0.2, 0.25) is 6.23 Å². The lowest BCUT2D eigenvalue weighted by molar-refractivity contribution is -0.384. The molecule has 21 heavy (non-hydrogen) atoms. The summed E-state index contributed by atoms with van der Waals surface area (Å²) in [7, 11) is 0. The van der Waals surface area contributed by atoms with Crippen LogP contribution in [0.2, 0.25) is 5.02 Å². The molecule has 1 aliphatic rings. The third kappa shape index (κ3) is 3.96. The molecule has 1 heterocycles. The van der Waals surface area contributed by atoms with Gasteiger partial charge < -0.3 is 9.47 Å². The highest BCUT2D eigenvalue weighted by Gasteiger charge is 2.45. The van der Waals surface area contributed by atoms with Gasteiger partial charge in [-0.1, -0.05) is 11.6 Å². The molecule has 6 nitrogen and oxygen atoms in total. The van der Waals surface area contributed by atoms with Crippen LogP contribution in [0.1, 0.15) is 0 Å². The van der Waals surface area contributed by atoms with Gasteiger partial charge in [0.1, 0.15) is 18.5 Å². The molecule has 1 N–H and O–H groups in total. The summed E-state index contributed by atoms with van der Waals surface area (Å²) in [5, 5.41) is 12.7. The molecular weight excluding hydrogens is 317 g/mol. The number of nitrogens with zero attached hydrogens (tertiary/aromatic N) is 1. The van der Waals surface area contributed by atoms with E-state index in [2.05, 4.69) is 5.32 Å². The van der Waals surface area contributed by atoms with Crippen molar-refractivity contribution in [3.63, 3.8) is 0 Å². The van der Waals surface area contributed by atoms with Gasteiger partial charge in [-0.2, -0.15) is 13.2 Å². The molecule has 0 bridgehead atoms. The van der Waals surface area contributed by atoms with Crippen LogP contribution in [0.3, 0.4) is 0 Å². The number of halogens is 4.